The fourth-order valence-electron chi connectivity index (χ4n) is 4.33. The van der Waals surface area contributed by atoms with Crippen LogP contribution in [-0.2, 0) is 14.4 Å². The number of hydrogen-bond donors (Lipinski definition) is 2. The van der Waals surface area contributed by atoms with E-state index in [0.717, 1.165) is 25.7 Å². The largest absolute Gasteiger partial charge is 0.350 e. The van der Waals surface area contributed by atoms with Crippen LogP contribution < -0.4 is 10.6 Å². The predicted molar refractivity (Wildman–Crippen MR) is 94.0 cm³/mol. The van der Waals surface area contributed by atoms with E-state index in [1.807, 2.05) is 6.92 Å². The van der Waals surface area contributed by atoms with Gasteiger partial charge in [0.1, 0.15) is 6.04 Å². The van der Waals surface area contributed by atoms with Crippen LogP contribution >= 0.6 is 0 Å². The first kappa shape index (κ1) is 18.7. The van der Waals surface area contributed by atoms with E-state index >= 15 is 0 Å². The zero-order chi connectivity index (χ0) is 18.8. The van der Waals surface area contributed by atoms with Crippen molar-refractivity contribution in [3.63, 3.8) is 0 Å². The Morgan fingerprint density at radius 3 is 2.31 bits per heavy atom. The molecule has 2 saturated heterocycles. The van der Waals surface area contributed by atoms with Crippen molar-refractivity contribution in [3.8, 4) is 0 Å². The third-order valence-corrected chi connectivity index (χ3v) is 5.79. The van der Waals surface area contributed by atoms with E-state index in [9.17, 15) is 19.2 Å². The summed E-state index contributed by atoms with van der Waals surface area (Å²) in [7, 11) is 0. The second-order valence-corrected chi connectivity index (χ2v) is 7.50. The molecule has 0 aromatic carbocycles. The molecule has 8 nitrogen and oxygen atoms in total. The molecule has 3 aliphatic rings. The minimum Gasteiger partial charge on any atom is -0.350 e. The molecular formula is C18H28N4O4. The smallest absolute Gasteiger partial charge is 0.317 e. The Hall–Kier alpha value is -2.12. The number of imide groups is 1. The van der Waals surface area contributed by atoms with E-state index in [1.165, 1.54) is 4.90 Å². The van der Waals surface area contributed by atoms with Gasteiger partial charge in [0, 0.05) is 25.7 Å². The molecule has 26 heavy (non-hydrogen) atoms. The number of nitrogens with zero attached hydrogens (tertiary/aromatic N) is 2. The average Bonchev–Trinajstić information content (AvgIpc) is 3.19. The Labute approximate surface area is 153 Å². The van der Waals surface area contributed by atoms with Crippen molar-refractivity contribution in [2.45, 2.75) is 58.0 Å². The second kappa shape index (κ2) is 7.63. The van der Waals surface area contributed by atoms with E-state index in [1.54, 1.807) is 11.8 Å². The lowest BCUT2D eigenvalue weighted by molar-refractivity contribution is -0.147. The number of carbonyl (C=O) groups is 4. The average molecular weight is 364 g/mol. The summed E-state index contributed by atoms with van der Waals surface area (Å²) >= 11 is 0. The summed E-state index contributed by atoms with van der Waals surface area (Å²) in [6.07, 6.45) is 4.08. The van der Waals surface area contributed by atoms with E-state index < -0.39 is 6.04 Å². The number of rotatable bonds is 4. The molecule has 2 heterocycles. The summed E-state index contributed by atoms with van der Waals surface area (Å²) in [5.41, 5.74) is 0. The number of nitrogens with one attached hydrogen (secondary N) is 2. The number of carbonyl (C=O) groups excluding carboxylic acids is 4. The van der Waals surface area contributed by atoms with Crippen molar-refractivity contribution in [1.82, 2.24) is 20.4 Å². The molecule has 3 fully saturated rings. The zero-order valence-electron chi connectivity index (χ0n) is 15.5. The van der Waals surface area contributed by atoms with Crippen LogP contribution in [0.1, 0.15) is 46.0 Å². The van der Waals surface area contributed by atoms with Crippen LogP contribution in [0.2, 0.25) is 0 Å². The molecule has 3 rings (SSSR count). The van der Waals surface area contributed by atoms with Crippen LogP contribution in [-0.4, -0.2) is 65.3 Å². The Bertz CT molecular complexity index is 584. The van der Waals surface area contributed by atoms with Gasteiger partial charge < -0.3 is 15.5 Å². The van der Waals surface area contributed by atoms with Crippen molar-refractivity contribution in [1.29, 1.82) is 0 Å². The fraction of sp³-hybridized carbons (Fsp3) is 0.778. The highest BCUT2D eigenvalue weighted by Crippen LogP contribution is 2.38. The Morgan fingerprint density at radius 1 is 1.12 bits per heavy atom. The third kappa shape index (κ3) is 3.41. The highest BCUT2D eigenvalue weighted by molar-refractivity contribution is 6.08. The molecule has 0 aromatic rings. The standard InChI is InChI=1S/C18H28N4O4/c1-3-19-18(26)21-9-8-12(10-21)20-15(23)11(2)22-16(24)13-6-4-5-7-14(13)17(22)25/h11-14H,3-10H2,1-2H3,(H,19,26)(H,20,23). The van der Waals surface area contributed by atoms with Gasteiger partial charge >= 0.3 is 6.03 Å². The summed E-state index contributed by atoms with van der Waals surface area (Å²) in [5, 5.41) is 5.64. The molecule has 8 heteroatoms. The first-order chi connectivity index (χ1) is 12.4. The number of fused-ring (bicyclic) bond motifs is 1. The van der Waals surface area contributed by atoms with Gasteiger partial charge in [-0.05, 0) is 33.1 Å². The normalized spacial score (nSPS) is 29.5. The lowest BCUT2D eigenvalue weighted by Crippen LogP contribution is -2.51. The molecule has 2 N–H and O–H groups in total. The van der Waals surface area contributed by atoms with Crippen molar-refractivity contribution in [3.05, 3.63) is 0 Å². The maximum absolute atomic E-state index is 12.6. The predicted octanol–water partition coefficient (Wildman–Crippen LogP) is 0.470. The maximum atomic E-state index is 12.6. The van der Waals surface area contributed by atoms with Gasteiger partial charge in [-0.1, -0.05) is 12.8 Å². The van der Waals surface area contributed by atoms with Crippen LogP contribution in [0.25, 0.3) is 0 Å². The van der Waals surface area contributed by atoms with Crippen LogP contribution in [0.15, 0.2) is 0 Å². The quantitative estimate of drug-likeness (QED) is 0.709. The van der Waals surface area contributed by atoms with Crippen molar-refractivity contribution in [2.75, 3.05) is 19.6 Å². The molecule has 144 valence electrons. The van der Waals surface area contributed by atoms with E-state index in [-0.39, 0.29) is 41.6 Å². The van der Waals surface area contributed by atoms with Crippen molar-refractivity contribution < 1.29 is 19.2 Å². The topological polar surface area (TPSA) is 98.8 Å². The number of likely N-dealkylation sites (tertiary alicyclic amines) is 2. The van der Waals surface area contributed by atoms with Crippen LogP contribution in [0, 0.1) is 11.8 Å². The summed E-state index contributed by atoms with van der Waals surface area (Å²) in [5.74, 6) is -1.21. The lowest BCUT2D eigenvalue weighted by Gasteiger charge is -2.24. The molecule has 0 bridgehead atoms. The highest BCUT2D eigenvalue weighted by Gasteiger charge is 2.51. The van der Waals surface area contributed by atoms with E-state index in [2.05, 4.69) is 10.6 Å². The van der Waals surface area contributed by atoms with Gasteiger partial charge in [0.05, 0.1) is 11.8 Å². The first-order valence-corrected chi connectivity index (χ1v) is 9.64. The molecular weight excluding hydrogens is 336 g/mol. The first-order valence-electron chi connectivity index (χ1n) is 9.64. The Kier molecular flexibility index (Phi) is 5.48. The molecule has 0 aromatic heterocycles. The number of amides is 5. The second-order valence-electron chi connectivity index (χ2n) is 7.50. The van der Waals surface area contributed by atoms with Gasteiger partial charge in [-0.15, -0.1) is 0 Å². The highest BCUT2D eigenvalue weighted by atomic mass is 16.2. The molecule has 5 amide bonds. The van der Waals surface area contributed by atoms with Gasteiger partial charge in [-0.25, -0.2) is 4.79 Å². The third-order valence-electron chi connectivity index (χ3n) is 5.79. The SMILES string of the molecule is CCNC(=O)N1CCC(NC(=O)C(C)N2C(=O)C3CCCCC3C2=O)C1. The van der Waals surface area contributed by atoms with Gasteiger partial charge in [-0.2, -0.15) is 0 Å². The van der Waals surface area contributed by atoms with Crippen molar-refractivity contribution >= 4 is 23.8 Å². The minimum absolute atomic E-state index is 0.133. The Balaban J connectivity index is 1.57. The van der Waals surface area contributed by atoms with Gasteiger partial charge in [0.2, 0.25) is 17.7 Å². The summed E-state index contributed by atoms with van der Waals surface area (Å²) in [4.78, 5) is 52.5. The van der Waals surface area contributed by atoms with Crippen LogP contribution in [0.5, 0.6) is 0 Å². The Morgan fingerprint density at radius 2 is 1.73 bits per heavy atom. The van der Waals surface area contributed by atoms with Crippen LogP contribution in [0.4, 0.5) is 4.79 Å². The summed E-state index contributed by atoms with van der Waals surface area (Å²) in [6, 6.07) is -1.09. The number of urea groups is 1. The zero-order valence-corrected chi connectivity index (χ0v) is 15.5. The van der Waals surface area contributed by atoms with Crippen molar-refractivity contribution in [2.24, 2.45) is 11.8 Å². The number of hydrogen-bond acceptors (Lipinski definition) is 4. The molecule has 2 aliphatic heterocycles. The molecule has 4 atom stereocenters. The molecule has 1 aliphatic carbocycles. The minimum atomic E-state index is -0.806. The lowest BCUT2D eigenvalue weighted by atomic mass is 9.81. The molecule has 1 saturated carbocycles. The molecule has 0 spiro atoms. The maximum Gasteiger partial charge on any atom is 0.317 e. The molecule has 4 unspecified atom stereocenters. The fourth-order valence-corrected chi connectivity index (χ4v) is 4.33. The van der Waals surface area contributed by atoms with E-state index in [0.29, 0.717) is 26.1 Å². The van der Waals surface area contributed by atoms with Gasteiger partial charge in [-0.3, -0.25) is 19.3 Å². The summed E-state index contributed by atoms with van der Waals surface area (Å²) < 4.78 is 0. The molecule has 0 radical (unpaired) electrons. The van der Waals surface area contributed by atoms with Gasteiger partial charge in [0.15, 0.2) is 0 Å². The summed E-state index contributed by atoms with van der Waals surface area (Å²) in [6.45, 7) is 5.05. The monoisotopic (exact) mass is 364 g/mol. The van der Waals surface area contributed by atoms with Gasteiger partial charge in [0.25, 0.3) is 0 Å². The van der Waals surface area contributed by atoms with Crippen LogP contribution in [0.3, 0.4) is 0 Å². The van der Waals surface area contributed by atoms with E-state index in [4.69, 9.17) is 0 Å².